The lowest BCUT2D eigenvalue weighted by Gasteiger charge is -2.33. The summed E-state index contributed by atoms with van der Waals surface area (Å²) in [4.78, 5) is 6.68. The van der Waals surface area contributed by atoms with Crippen LogP contribution in [-0.4, -0.2) is 43.2 Å². The maximum atomic E-state index is 5.34. The zero-order valence-electron chi connectivity index (χ0n) is 14.4. The smallest absolute Gasteiger partial charge is 0.124 e. The van der Waals surface area contributed by atoms with Crippen molar-refractivity contribution in [3.63, 3.8) is 0 Å². The van der Waals surface area contributed by atoms with E-state index >= 15 is 0 Å². The lowest BCUT2D eigenvalue weighted by molar-refractivity contribution is 0.211. The van der Waals surface area contributed by atoms with E-state index in [1.165, 1.54) is 5.56 Å². The third-order valence-corrected chi connectivity index (χ3v) is 4.44. The first-order chi connectivity index (χ1) is 11.8. The number of pyridine rings is 1. The SMILES string of the molecule is COc1cc(NC2CCN(Cc3cccnc3)CC2)cc(OC)c1. The minimum Gasteiger partial charge on any atom is -0.497 e. The number of benzene rings is 1. The molecule has 2 aromatic rings. The van der Waals surface area contributed by atoms with Crippen LogP contribution in [0.25, 0.3) is 0 Å². The van der Waals surface area contributed by atoms with Crippen molar-refractivity contribution in [2.75, 3.05) is 32.6 Å². The van der Waals surface area contributed by atoms with Crippen molar-refractivity contribution in [1.29, 1.82) is 0 Å². The van der Waals surface area contributed by atoms with Crippen LogP contribution in [0.5, 0.6) is 11.5 Å². The Bertz CT molecular complexity index is 618. The zero-order chi connectivity index (χ0) is 16.8. The molecule has 0 atom stereocenters. The Kier molecular flexibility index (Phi) is 5.54. The molecule has 0 bridgehead atoms. The van der Waals surface area contributed by atoms with Crippen LogP contribution in [0.2, 0.25) is 0 Å². The Morgan fingerprint density at radius 1 is 1.12 bits per heavy atom. The first kappa shape index (κ1) is 16.6. The molecule has 2 heterocycles. The summed E-state index contributed by atoms with van der Waals surface area (Å²) in [5.74, 6) is 1.62. The van der Waals surface area contributed by atoms with E-state index in [4.69, 9.17) is 9.47 Å². The highest BCUT2D eigenvalue weighted by Gasteiger charge is 2.19. The van der Waals surface area contributed by atoms with Crippen LogP contribution in [0.3, 0.4) is 0 Å². The minimum absolute atomic E-state index is 0.479. The van der Waals surface area contributed by atoms with Gasteiger partial charge in [-0.15, -0.1) is 0 Å². The normalized spacial score (nSPS) is 15.9. The van der Waals surface area contributed by atoms with Gasteiger partial charge < -0.3 is 14.8 Å². The van der Waals surface area contributed by atoms with Gasteiger partial charge in [-0.25, -0.2) is 0 Å². The van der Waals surface area contributed by atoms with Crippen LogP contribution in [0.1, 0.15) is 18.4 Å². The van der Waals surface area contributed by atoms with Crippen molar-refractivity contribution in [1.82, 2.24) is 9.88 Å². The number of piperidine rings is 1. The van der Waals surface area contributed by atoms with E-state index in [0.29, 0.717) is 6.04 Å². The molecule has 0 spiro atoms. The molecule has 5 heteroatoms. The zero-order valence-corrected chi connectivity index (χ0v) is 14.4. The van der Waals surface area contributed by atoms with Crippen LogP contribution < -0.4 is 14.8 Å². The van der Waals surface area contributed by atoms with Gasteiger partial charge in [-0.3, -0.25) is 9.88 Å². The first-order valence-electron chi connectivity index (χ1n) is 8.37. The van der Waals surface area contributed by atoms with Crippen LogP contribution in [0.4, 0.5) is 5.69 Å². The first-order valence-corrected chi connectivity index (χ1v) is 8.37. The van der Waals surface area contributed by atoms with Crippen LogP contribution in [-0.2, 0) is 6.54 Å². The second-order valence-electron chi connectivity index (χ2n) is 6.16. The van der Waals surface area contributed by atoms with Gasteiger partial charge in [0.15, 0.2) is 0 Å². The fraction of sp³-hybridized carbons (Fsp3) is 0.421. The molecular weight excluding hydrogens is 302 g/mol. The van der Waals surface area contributed by atoms with Crippen molar-refractivity contribution in [2.45, 2.75) is 25.4 Å². The summed E-state index contributed by atoms with van der Waals surface area (Å²) in [7, 11) is 3.35. The van der Waals surface area contributed by atoms with Gasteiger partial charge in [0.05, 0.1) is 14.2 Å². The summed E-state index contributed by atoms with van der Waals surface area (Å²) in [6.45, 7) is 3.16. The molecule has 0 unspecified atom stereocenters. The molecule has 5 nitrogen and oxygen atoms in total. The summed E-state index contributed by atoms with van der Waals surface area (Å²) in [6.07, 6.45) is 6.02. The number of likely N-dealkylation sites (tertiary alicyclic amines) is 1. The molecule has 0 aliphatic carbocycles. The van der Waals surface area contributed by atoms with E-state index in [9.17, 15) is 0 Å². The van der Waals surface area contributed by atoms with Gasteiger partial charge in [0.2, 0.25) is 0 Å². The quantitative estimate of drug-likeness (QED) is 0.883. The molecule has 0 amide bonds. The third-order valence-electron chi connectivity index (χ3n) is 4.44. The Labute approximate surface area is 143 Å². The Hall–Kier alpha value is -2.27. The standard InChI is InChI=1S/C19H25N3O2/c1-23-18-10-17(11-19(12-18)24-2)21-16-5-8-22(9-6-16)14-15-4-3-7-20-13-15/h3-4,7,10-13,16,21H,5-6,8-9,14H2,1-2H3. The Balaban J connectivity index is 1.54. The summed E-state index contributed by atoms with van der Waals surface area (Å²) in [5, 5.41) is 3.62. The van der Waals surface area contributed by atoms with Crippen molar-refractivity contribution >= 4 is 5.69 Å². The summed E-state index contributed by atoms with van der Waals surface area (Å²) in [6, 6.07) is 10.5. The molecule has 1 saturated heterocycles. The summed E-state index contributed by atoms with van der Waals surface area (Å²) >= 11 is 0. The highest BCUT2D eigenvalue weighted by Crippen LogP contribution is 2.27. The predicted octanol–water partition coefficient (Wildman–Crippen LogP) is 3.18. The van der Waals surface area contributed by atoms with Crippen molar-refractivity contribution in [3.05, 3.63) is 48.3 Å². The predicted molar refractivity (Wildman–Crippen MR) is 95.7 cm³/mol. The number of aromatic nitrogens is 1. The number of nitrogens with zero attached hydrogens (tertiary/aromatic N) is 2. The van der Waals surface area contributed by atoms with Gasteiger partial charge in [-0.1, -0.05) is 6.07 Å². The number of hydrogen-bond acceptors (Lipinski definition) is 5. The number of anilines is 1. The molecular formula is C19H25N3O2. The maximum Gasteiger partial charge on any atom is 0.124 e. The van der Waals surface area contributed by atoms with E-state index in [1.807, 2.05) is 36.7 Å². The van der Waals surface area contributed by atoms with Gasteiger partial charge in [0.25, 0.3) is 0 Å². The van der Waals surface area contributed by atoms with E-state index < -0.39 is 0 Å². The highest BCUT2D eigenvalue weighted by atomic mass is 16.5. The average Bonchev–Trinajstić information content (AvgIpc) is 2.64. The molecule has 1 fully saturated rings. The molecule has 128 valence electrons. The van der Waals surface area contributed by atoms with Gasteiger partial charge in [0, 0.05) is 62.0 Å². The van der Waals surface area contributed by atoms with E-state index in [2.05, 4.69) is 21.3 Å². The average molecular weight is 327 g/mol. The van der Waals surface area contributed by atoms with E-state index in [0.717, 1.165) is 49.7 Å². The third kappa shape index (κ3) is 4.38. The lowest BCUT2D eigenvalue weighted by Crippen LogP contribution is -2.38. The molecule has 1 aliphatic rings. The lowest BCUT2D eigenvalue weighted by atomic mass is 10.0. The number of nitrogens with one attached hydrogen (secondary N) is 1. The fourth-order valence-corrected chi connectivity index (χ4v) is 3.11. The fourth-order valence-electron chi connectivity index (χ4n) is 3.11. The summed E-state index contributed by atoms with van der Waals surface area (Å²) in [5.41, 5.74) is 2.33. The number of rotatable bonds is 6. The molecule has 1 aromatic carbocycles. The monoisotopic (exact) mass is 327 g/mol. The number of hydrogen-bond donors (Lipinski definition) is 1. The molecule has 0 saturated carbocycles. The van der Waals surface area contributed by atoms with Crippen molar-refractivity contribution in [2.24, 2.45) is 0 Å². The van der Waals surface area contributed by atoms with E-state index in [-0.39, 0.29) is 0 Å². The second-order valence-corrected chi connectivity index (χ2v) is 6.16. The molecule has 1 N–H and O–H groups in total. The van der Waals surface area contributed by atoms with Gasteiger partial charge >= 0.3 is 0 Å². The number of methoxy groups -OCH3 is 2. The van der Waals surface area contributed by atoms with Crippen LogP contribution in [0.15, 0.2) is 42.7 Å². The topological polar surface area (TPSA) is 46.6 Å². The van der Waals surface area contributed by atoms with Crippen LogP contribution >= 0.6 is 0 Å². The number of ether oxygens (including phenoxy) is 2. The van der Waals surface area contributed by atoms with Crippen molar-refractivity contribution in [3.8, 4) is 11.5 Å². The molecule has 1 aromatic heterocycles. The second kappa shape index (κ2) is 8.02. The van der Waals surface area contributed by atoms with Gasteiger partial charge in [-0.05, 0) is 24.5 Å². The van der Waals surface area contributed by atoms with Crippen molar-refractivity contribution < 1.29 is 9.47 Å². The molecule has 24 heavy (non-hydrogen) atoms. The van der Waals surface area contributed by atoms with Crippen LogP contribution in [0, 0.1) is 0 Å². The minimum atomic E-state index is 0.479. The highest BCUT2D eigenvalue weighted by molar-refractivity contribution is 5.54. The van der Waals surface area contributed by atoms with Gasteiger partial charge in [0.1, 0.15) is 11.5 Å². The molecule has 1 aliphatic heterocycles. The summed E-state index contributed by atoms with van der Waals surface area (Å²) < 4.78 is 10.7. The molecule has 0 radical (unpaired) electrons. The Morgan fingerprint density at radius 2 is 1.83 bits per heavy atom. The Morgan fingerprint density at radius 3 is 2.42 bits per heavy atom. The van der Waals surface area contributed by atoms with Gasteiger partial charge in [-0.2, -0.15) is 0 Å². The van der Waals surface area contributed by atoms with E-state index in [1.54, 1.807) is 14.2 Å². The maximum absolute atomic E-state index is 5.34. The molecule has 3 rings (SSSR count). The largest absolute Gasteiger partial charge is 0.497 e.